The second-order valence-corrected chi connectivity index (χ2v) is 6.51. The number of rotatable bonds is 11. The summed E-state index contributed by atoms with van der Waals surface area (Å²) in [6.45, 7) is 12.7. The fourth-order valence-electron chi connectivity index (χ4n) is 1.69. The van der Waals surface area contributed by atoms with Crippen LogP contribution in [0.25, 0.3) is 0 Å². The molecule has 0 amide bonds. The van der Waals surface area contributed by atoms with Gasteiger partial charge in [0.15, 0.2) is 0 Å². The number of hydrogen-bond donors (Lipinski definition) is 0. The van der Waals surface area contributed by atoms with Crippen molar-refractivity contribution in [2.45, 2.75) is 53.2 Å². The summed E-state index contributed by atoms with van der Waals surface area (Å²) in [5.74, 6) is 0. The second-order valence-electron chi connectivity index (χ2n) is 3.87. The largest absolute Gasteiger partial charge is 0.503 e. The lowest BCUT2D eigenvalue weighted by Crippen LogP contribution is -2.48. The second kappa shape index (κ2) is 10.0. The van der Waals surface area contributed by atoms with Gasteiger partial charge in [0.25, 0.3) is 0 Å². The summed E-state index contributed by atoms with van der Waals surface area (Å²) in [6, 6.07) is 0.725. The molecule has 5 heteroatoms. The molecule has 0 aliphatic carbocycles. The molecule has 104 valence electrons. The Morgan fingerprint density at radius 2 is 1.35 bits per heavy atom. The predicted molar refractivity (Wildman–Crippen MR) is 71.1 cm³/mol. The van der Waals surface area contributed by atoms with Crippen molar-refractivity contribution in [3.8, 4) is 0 Å². The Labute approximate surface area is 107 Å². The van der Waals surface area contributed by atoms with Gasteiger partial charge < -0.3 is 18.0 Å². The van der Waals surface area contributed by atoms with Gasteiger partial charge in [0, 0.05) is 32.5 Å². The highest BCUT2D eigenvalue weighted by molar-refractivity contribution is 6.60. The zero-order chi connectivity index (χ0) is 13.1. The standard InChI is InChI=1S/C12H28O4Si/c1-6-10-13-12(5)11-17(14-7-2,15-8-3)16-9-4/h12H,6-11H2,1-5H3. The molecular formula is C12H28O4Si. The molecule has 0 N–H and O–H groups in total. The van der Waals surface area contributed by atoms with E-state index in [1.165, 1.54) is 0 Å². The highest BCUT2D eigenvalue weighted by atomic mass is 28.4. The lowest BCUT2D eigenvalue weighted by Gasteiger charge is -2.30. The van der Waals surface area contributed by atoms with Crippen LogP contribution in [0, 0.1) is 0 Å². The van der Waals surface area contributed by atoms with Crippen molar-refractivity contribution in [1.82, 2.24) is 0 Å². The van der Waals surface area contributed by atoms with Gasteiger partial charge in [0.05, 0.1) is 6.10 Å². The van der Waals surface area contributed by atoms with Crippen molar-refractivity contribution in [3.05, 3.63) is 0 Å². The zero-order valence-corrected chi connectivity index (χ0v) is 13.0. The normalized spacial score (nSPS) is 13.9. The van der Waals surface area contributed by atoms with Crippen molar-refractivity contribution in [3.63, 3.8) is 0 Å². The fourth-order valence-corrected chi connectivity index (χ4v) is 4.44. The van der Waals surface area contributed by atoms with Crippen molar-refractivity contribution >= 4 is 8.80 Å². The minimum absolute atomic E-state index is 0.117. The summed E-state index contributed by atoms with van der Waals surface area (Å²) in [4.78, 5) is 0. The summed E-state index contributed by atoms with van der Waals surface area (Å²) in [5, 5.41) is 0. The lowest BCUT2D eigenvalue weighted by atomic mass is 10.4. The molecule has 17 heavy (non-hydrogen) atoms. The van der Waals surface area contributed by atoms with E-state index in [-0.39, 0.29) is 6.10 Å². The first-order valence-electron chi connectivity index (χ1n) is 6.67. The topological polar surface area (TPSA) is 36.9 Å². The van der Waals surface area contributed by atoms with E-state index in [2.05, 4.69) is 13.8 Å². The van der Waals surface area contributed by atoms with Crippen LogP contribution in [-0.2, 0) is 18.0 Å². The van der Waals surface area contributed by atoms with Gasteiger partial charge in [-0.3, -0.25) is 0 Å². The number of hydrogen-bond acceptors (Lipinski definition) is 4. The van der Waals surface area contributed by atoms with Gasteiger partial charge in [-0.2, -0.15) is 0 Å². The van der Waals surface area contributed by atoms with E-state index in [0.29, 0.717) is 19.8 Å². The third kappa shape index (κ3) is 7.16. The Kier molecular flexibility index (Phi) is 10.1. The third-order valence-corrected chi connectivity index (χ3v) is 5.50. The van der Waals surface area contributed by atoms with Gasteiger partial charge in [0.1, 0.15) is 0 Å². The monoisotopic (exact) mass is 264 g/mol. The first-order valence-corrected chi connectivity index (χ1v) is 8.60. The maximum Gasteiger partial charge on any atom is 0.503 e. The quantitative estimate of drug-likeness (QED) is 0.538. The molecule has 4 nitrogen and oxygen atoms in total. The first-order chi connectivity index (χ1) is 8.14. The number of ether oxygens (including phenoxy) is 1. The summed E-state index contributed by atoms with van der Waals surface area (Å²) < 4.78 is 23.0. The van der Waals surface area contributed by atoms with E-state index in [9.17, 15) is 0 Å². The van der Waals surface area contributed by atoms with Crippen LogP contribution < -0.4 is 0 Å². The molecule has 1 atom stereocenters. The minimum atomic E-state index is -2.53. The zero-order valence-electron chi connectivity index (χ0n) is 12.0. The molecular weight excluding hydrogens is 236 g/mol. The van der Waals surface area contributed by atoms with Crippen LogP contribution in [0.1, 0.15) is 41.0 Å². The van der Waals surface area contributed by atoms with E-state index in [0.717, 1.165) is 19.1 Å². The maximum absolute atomic E-state index is 5.78. The van der Waals surface area contributed by atoms with E-state index >= 15 is 0 Å². The van der Waals surface area contributed by atoms with Crippen LogP contribution in [0.5, 0.6) is 0 Å². The fraction of sp³-hybridized carbons (Fsp3) is 1.00. The van der Waals surface area contributed by atoms with Crippen LogP contribution in [0.3, 0.4) is 0 Å². The molecule has 1 unspecified atom stereocenters. The first kappa shape index (κ1) is 17.1. The van der Waals surface area contributed by atoms with Crippen LogP contribution in [-0.4, -0.2) is 41.3 Å². The van der Waals surface area contributed by atoms with Crippen molar-refractivity contribution in [1.29, 1.82) is 0 Å². The predicted octanol–water partition coefficient (Wildman–Crippen LogP) is 2.85. The smallest absolute Gasteiger partial charge is 0.379 e. The van der Waals surface area contributed by atoms with Gasteiger partial charge in [-0.25, -0.2) is 0 Å². The van der Waals surface area contributed by atoms with Gasteiger partial charge in [0.2, 0.25) is 0 Å². The SMILES string of the molecule is CCCOC(C)C[Si](OCC)(OCC)OCC. The highest BCUT2D eigenvalue weighted by Gasteiger charge is 2.42. The Bertz CT molecular complexity index is 161. The summed E-state index contributed by atoms with van der Waals surface area (Å²) in [5.41, 5.74) is 0. The van der Waals surface area contributed by atoms with Gasteiger partial charge in [-0.05, 0) is 34.1 Å². The van der Waals surface area contributed by atoms with Crippen LogP contribution >= 0.6 is 0 Å². The van der Waals surface area contributed by atoms with E-state index in [1.54, 1.807) is 0 Å². The molecule has 0 aromatic heterocycles. The summed E-state index contributed by atoms with van der Waals surface area (Å²) in [6.07, 6.45) is 1.14. The van der Waals surface area contributed by atoms with Gasteiger partial charge in [-0.1, -0.05) is 6.92 Å². The maximum atomic E-state index is 5.78. The molecule has 0 saturated carbocycles. The lowest BCUT2D eigenvalue weighted by molar-refractivity contribution is 0.0332. The third-order valence-electron chi connectivity index (χ3n) is 2.24. The Morgan fingerprint density at radius 3 is 1.71 bits per heavy atom. The molecule has 0 spiro atoms. The summed E-state index contributed by atoms with van der Waals surface area (Å²) >= 11 is 0. The van der Waals surface area contributed by atoms with Crippen LogP contribution in [0.4, 0.5) is 0 Å². The molecule has 0 saturated heterocycles. The molecule has 0 aliphatic rings. The molecule has 0 radical (unpaired) electrons. The molecule has 0 bridgehead atoms. The Morgan fingerprint density at radius 1 is 0.882 bits per heavy atom. The average Bonchev–Trinajstić information content (AvgIpc) is 2.27. The van der Waals surface area contributed by atoms with Crippen LogP contribution in [0.15, 0.2) is 0 Å². The summed E-state index contributed by atoms with van der Waals surface area (Å²) in [7, 11) is -2.53. The highest BCUT2D eigenvalue weighted by Crippen LogP contribution is 2.19. The minimum Gasteiger partial charge on any atom is -0.379 e. The molecule has 0 aromatic rings. The van der Waals surface area contributed by atoms with E-state index in [1.807, 2.05) is 20.8 Å². The Balaban J connectivity index is 4.40. The molecule has 0 heterocycles. The molecule has 0 aromatic carbocycles. The van der Waals surface area contributed by atoms with Crippen molar-refractivity contribution in [2.24, 2.45) is 0 Å². The molecule has 0 aliphatic heterocycles. The van der Waals surface area contributed by atoms with Crippen molar-refractivity contribution in [2.75, 3.05) is 26.4 Å². The van der Waals surface area contributed by atoms with E-state index < -0.39 is 8.80 Å². The Hall–Kier alpha value is 0.0569. The molecule has 0 fully saturated rings. The van der Waals surface area contributed by atoms with Crippen molar-refractivity contribution < 1.29 is 18.0 Å². The van der Waals surface area contributed by atoms with E-state index in [4.69, 9.17) is 18.0 Å². The van der Waals surface area contributed by atoms with Gasteiger partial charge in [-0.15, -0.1) is 0 Å². The van der Waals surface area contributed by atoms with Gasteiger partial charge >= 0.3 is 8.80 Å². The van der Waals surface area contributed by atoms with Crippen LogP contribution in [0.2, 0.25) is 6.04 Å². The average molecular weight is 264 g/mol. The molecule has 0 rings (SSSR count).